The summed E-state index contributed by atoms with van der Waals surface area (Å²) in [5.41, 5.74) is 3.67. The summed E-state index contributed by atoms with van der Waals surface area (Å²) in [6.07, 6.45) is 6.88. The number of carbonyl (C=O) groups excluding carboxylic acids is 1. The van der Waals surface area contributed by atoms with Crippen LogP contribution in [0.3, 0.4) is 0 Å². The average Bonchev–Trinajstić information content (AvgIpc) is 3.01. The second-order valence-corrected chi connectivity index (χ2v) is 5.90. The van der Waals surface area contributed by atoms with Crippen LogP contribution in [-0.2, 0) is 28.8 Å². The maximum absolute atomic E-state index is 11.9. The highest BCUT2D eigenvalue weighted by atomic mass is 16.5. The van der Waals surface area contributed by atoms with Gasteiger partial charge in [-0.05, 0) is 51.0 Å². The molecule has 5 nitrogen and oxygen atoms in total. The lowest BCUT2D eigenvalue weighted by Crippen LogP contribution is -2.35. The first-order valence-corrected chi connectivity index (χ1v) is 7.98. The van der Waals surface area contributed by atoms with E-state index in [0.717, 1.165) is 37.2 Å². The van der Waals surface area contributed by atoms with Gasteiger partial charge in [0.25, 0.3) is 0 Å². The minimum absolute atomic E-state index is 0.00202. The summed E-state index contributed by atoms with van der Waals surface area (Å²) in [4.78, 5) is 21.1. The number of rotatable bonds is 4. The van der Waals surface area contributed by atoms with Crippen LogP contribution < -0.4 is 5.32 Å². The Hall–Kier alpha value is -1.49. The molecule has 1 fully saturated rings. The summed E-state index contributed by atoms with van der Waals surface area (Å²) < 4.78 is 5.37. The molecule has 1 amide bonds. The fraction of sp³-hybridized carbons (Fsp3) is 0.688. The molecule has 1 atom stereocenters. The van der Waals surface area contributed by atoms with Crippen molar-refractivity contribution < 1.29 is 9.53 Å². The van der Waals surface area contributed by atoms with Gasteiger partial charge in [0.2, 0.25) is 5.91 Å². The number of nitrogens with one attached hydrogen (secondary N) is 1. The van der Waals surface area contributed by atoms with Gasteiger partial charge < -0.3 is 10.1 Å². The van der Waals surface area contributed by atoms with E-state index in [1.807, 2.05) is 0 Å². The van der Waals surface area contributed by atoms with E-state index < -0.39 is 0 Å². The molecule has 0 spiro atoms. The molecule has 5 heteroatoms. The molecule has 1 aromatic rings. The standard InChI is InChI=1S/C16H23N3O2/c1-11-12-5-2-3-6-13(12)19-15(18-11)8-9-17-16(20)14-7-4-10-21-14/h14H,2-10H2,1H3,(H,17,20). The molecule has 1 aliphatic carbocycles. The Morgan fingerprint density at radius 3 is 2.95 bits per heavy atom. The fourth-order valence-corrected chi connectivity index (χ4v) is 3.15. The van der Waals surface area contributed by atoms with Crippen LogP contribution in [0, 0.1) is 6.92 Å². The first kappa shape index (κ1) is 14.4. The highest BCUT2D eigenvalue weighted by molar-refractivity contribution is 5.80. The predicted octanol–water partition coefficient (Wildman–Crippen LogP) is 1.50. The summed E-state index contributed by atoms with van der Waals surface area (Å²) in [7, 11) is 0. The Morgan fingerprint density at radius 2 is 2.14 bits per heavy atom. The van der Waals surface area contributed by atoms with Crippen LogP contribution >= 0.6 is 0 Å². The fourth-order valence-electron chi connectivity index (χ4n) is 3.15. The van der Waals surface area contributed by atoms with Gasteiger partial charge in [0.15, 0.2) is 0 Å². The summed E-state index contributed by atoms with van der Waals surface area (Å²) in [5.74, 6) is 0.850. The van der Waals surface area contributed by atoms with Gasteiger partial charge in [0, 0.05) is 31.0 Å². The minimum Gasteiger partial charge on any atom is -0.368 e. The van der Waals surface area contributed by atoms with E-state index in [1.54, 1.807) is 0 Å². The molecule has 21 heavy (non-hydrogen) atoms. The lowest BCUT2D eigenvalue weighted by Gasteiger charge is -2.17. The number of hydrogen-bond donors (Lipinski definition) is 1. The number of amides is 1. The van der Waals surface area contributed by atoms with E-state index in [9.17, 15) is 4.79 Å². The third kappa shape index (κ3) is 3.40. The molecule has 3 rings (SSSR count). The molecule has 0 bridgehead atoms. The quantitative estimate of drug-likeness (QED) is 0.912. The number of hydrogen-bond acceptors (Lipinski definition) is 4. The van der Waals surface area contributed by atoms with E-state index in [2.05, 4.69) is 22.2 Å². The SMILES string of the molecule is Cc1nc(CCNC(=O)C2CCCO2)nc2c1CCCC2. The zero-order valence-corrected chi connectivity index (χ0v) is 12.7. The van der Waals surface area contributed by atoms with Crippen LogP contribution in [0.1, 0.15) is 48.5 Å². The van der Waals surface area contributed by atoms with Crippen LogP contribution in [0.25, 0.3) is 0 Å². The average molecular weight is 289 g/mol. The zero-order valence-electron chi connectivity index (χ0n) is 12.7. The second kappa shape index (κ2) is 6.52. The smallest absolute Gasteiger partial charge is 0.249 e. The number of ether oxygens (including phenoxy) is 1. The van der Waals surface area contributed by atoms with E-state index in [0.29, 0.717) is 19.6 Å². The van der Waals surface area contributed by atoms with Crippen LogP contribution in [0.15, 0.2) is 0 Å². The summed E-state index contributed by atoms with van der Waals surface area (Å²) in [6, 6.07) is 0. The molecule has 0 saturated carbocycles. The molecule has 114 valence electrons. The minimum atomic E-state index is -0.254. The Labute approximate surface area is 125 Å². The van der Waals surface area contributed by atoms with Crippen LogP contribution in [0.2, 0.25) is 0 Å². The van der Waals surface area contributed by atoms with Crippen molar-refractivity contribution >= 4 is 5.91 Å². The molecule has 1 aromatic heterocycles. The van der Waals surface area contributed by atoms with Crippen LogP contribution in [0.4, 0.5) is 0 Å². The van der Waals surface area contributed by atoms with Gasteiger partial charge in [-0.2, -0.15) is 0 Å². The van der Waals surface area contributed by atoms with Crippen molar-refractivity contribution in [3.63, 3.8) is 0 Å². The number of carbonyl (C=O) groups is 1. The first-order chi connectivity index (χ1) is 10.2. The third-order valence-electron chi connectivity index (χ3n) is 4.31. The molecule has 0 aromatic carbocycles. The third-order valence-corrected chi connectivity index (χ3v) is 4.31. The van der Waals surface area contributed by atoms with Crippen molar-refractivity contribution in [3.05, 3.63) is 22.8 Å². The van der Waals surface area contributed by atoms with Crippen molar-refractivity contribution in [1.29, 1.82) is 0 Å². The zero-order chi connectivity index (χ0) is 14.7. The normalized spacial score (nSPS) is 21.1. The van der Waals surface area contributed by atoms with Crippen LogP contribution in [0.5, 0.6) is 0 Å². The summed E-state index contributed by atoms with van der Waals surface area (Å²) in [6.45, 7) is 3.35. The summed E-state index contributed by atoms with van der Waals surface area (Å²) >= 11 is 0. The predicted molar refractivity (Wildman–Crippen MR) is 79.1 cm³/mol. The van der Waals surface area contributed by atoms with Crippen molar-refractivity contribution in [1.82, 2.24) is 15.3 Å². The molecule has 0 radical (unpaired) electrons. The van der Waals surface area contributed by atoms with E-state index in [4.69, 9.17) is 4.74 Å². The Morgan fingerprint density at radius 1 is 1.29 bits per heavy atom. The Bertz CT molecular complexity index is 524. The number of nitrogens with zero attached hydrogens (tertiary/aromatic N) is 2. The molecule has 2 heterocycles. The van der Waals surface area contributed by atoms with Gasteiger partial charge >= 0.3 is 0 Å². The highest BCUT2D eigenvalue weighted by Crippen LogP contribution is 2.21. The molecular weight excluding hydrogens is 266 g/mol. The Balaban J connectivity index is 1.55. The molecule has 1 saturated heterocycles. The molecule has 2 aliphatic rings. The molecule has 1 N–H and O–H groups in total. The van der Waals surface area contributed by atoms with Crippen LogP contribution in [-0.4, -0.2) is 35.1 Å². The van der Waals surface area contributed by atoms with Crippen molar-refractivity contribution in [3.8, 4) is 0 Å². The van der Waals surface area contributed by atoms with E-state index in [-0.39, 0.29) is 12.0 Å². The van der Waals surface area contributed by atoms with Gasteiger partial charge in [0.1, 0.15) is 11.9 Å². The number of aromatic nitrogens is 2. The van der Waals surface area contributed by atoms with Gasteiger partial charge in [0.05, 0.1) is 0 Å². The van der Waals surface area contributed by atoms with Crippen molar-refractivity contribution in [2.45, 2.75) is 58.0 Å². The van der Waals surface area contributed by atoms with Crippen molar-refractivity contribution in [2.75, 3.05) is 13.2 Å². The topological polar surface area (TPSA) is 64.1 Å². The number of aryl methyl sites for hydroxylation is 2. The number of fused-ring (bicyclic) bond motifs is 1. The van der Waals surface area contributed by atoms with Gasteiger partial charge in [-0.3, -0.25) is 4.79 Å². The second-order valence-electron chi connectivity index (χ2n) is 5.90. The summed E-state index contributed by atoms with van der Waals surface area (Å²) in [5, 5.41) is 2.93. The van der Waals surface area contributed by atoms with E-state index >= 15 is 0 Å². The maximum Gasteiger partial charge on any atom is 0.249 e. The Kier molecular flexibility index (Phi) is 4.48. The van der Waals surface area contributed by atoms with Gasteiger partial charge in [-0.1, -0.05) is 0 Å². The highest BCUT2D eigenvalue weighted by Gasteiger charge is 2.23. The molecule has 1 aliphatic heterocycles. The van der Waals surface area contributed by atoms with Crippen molar-refractivity contribution in [2.24, 2.45) is 0 Å². The molecule has 1 unspecified atom stereocenters. The molecular formula is C16H23N3O2. The maximum atomic E-state index is 11.9. The lowest BCUT2D eigenvalue weighted by atomic mass is 9.95. The lowest BCUT2D eigenvalue weighted by molar-refractivity contribution is -0.129. The van der Waals surface area contributed by atoms with Gasteiger partial charge in [-0.25, -0.2) is 9.97 Å². The van der Waals surface area contributed by atoms with E-state index in [1.165, 1.54) is 24.1 Å². The first-order valence-electron chi connectivity index (χ1n) is 7.98. The van der Waals surface area contributed by atoms with Gasteiger partial charge in [-0.15, -0.1) is 0 Å². The largest absolute Gasteiger partial charge is 0.368 e. The monoisotopic (exact) mass is 289 g/mol.